The van der Waals surface area contributed by atoms with E-state index in [2.05, 4.69) is 25.1 Å². The lowest BCUT2D eigenvalue weighted by atomic mass is 10.1. The highest BCUT2D eigenvalue weighted by molar-refractivity contribution is 7.19. The Morgan fingerprint density at radius 1 is 1.14 bits per heavy atom. The molecule has 22 heavy (non-hydrogen) atoms. The molecule has 4 rings (SSSR count). The molecule has 4 heteroatoms. The van der Waals surface area contributed by atoms with Crippen molar-refractivity contribution in [2.24, 2.45) is 0 Å². The number of amides is 1. The molecule has 3 nitrogen and oxygen atoms in total. The Hall–Kier alpha value is -2.33. The van der Waals surface area contributed by atoms with Gasteiger partial charge in [0, 0.05) is 20.8 Å². The van der Waals surface area contributed by atoms with E-state index in [9.17, 15) is 4.79 Å². The van der Waals surface area contributed by atoms with Crippen LogP contribution in [0.3, 0.4) is 0 Å². The van der Waals surface area contributed by atoms with Crippen LogP contribution >= 0.6 is 11.3 Å². The van der Waals surface area contributed by atoms with E-state index in [0.717, 1.165) is 22.6 Å². The van der Waals surface area contributed by atoms with Crippen LogP contribution in [0.25, 0.3) is 10.1 Å². The molecule has 2 heterocycles. The van der Waals surface area contributed by atoms with E-state index >= 15 is 0 Å². The number of methoxy groups -OCH3 is 1. The monoisotopic (exact) mass is 309 g/mol. The van der Waals surface area contributed by atoms with E-state index in [1.165, 1.54) is 15.0 Å². The molecule has 0 atom stereocenters. The summed E-state index contributed by atoms with van der Waals surface area (Å²) in [7, 11) is 1.62. The number of nitrogens with zero attached hydrogens (tertiary/aromatic N) is 1. The van der Waals surface area contributed by atoms with Gasteiger partial charge in [0.05, 0.1) is 13.7 Å². The van der Waals surface area contributed by atoms with Crippen LogP contribution in [0.4, 0.5) is 5.69 Å². The van der Waals surface area contributed by atoms with Crippen molar-refractivity contribution in [1.82, 2.24) is 0 Å². The molecule has 0 spiro atoms. The third-order valence-electron chi connectivity index (χ3n) is 4.06. The molecule has 2 aromatic carbocycles. The van der Waals surface area contributed by atoms with Gasteiger partial charge in [-0.25, -0.2) is 0 Å². The fourth-order valence-corrected chi connectivity index (χ4v) is 3.85. The fourth-order valence-electron chi connectivity index (χ4n) is 2.95. The number of anilines is 1. The summed E-state index contributed by atoms with van der Waals surface area (Å²) < 4.78 is 6.48. The van der Waals surface area contributed by atoms with Gasteiger partial charge in [-0.15, -0.1) is 11.3 Å². The standard InChI is InChI=1S/C18H15NO2S/c1-11-7-13-8-14(4-6-17(13)22-11)19-10-12-3-5-15(21-2)9-16(12)18(19)20/h3-9H,10H2,1-2H3. The number of thiophene rings is 1. The van der Waals surface area contributed by atoms with Gasteiger partial charge in [0.15, 0.2) is 0 Å². The first-order chi connectivity index (χ1) is 10.7. The molecule has 0 bridgehead atoms. The average molecular weight is 309 g/mol. The molecule has 0 fully saturated rings. The highest BCUT2D eigenvalue weighted by Gasteiger charge is 2.29. The van der Waals surface area contributed by atoms with Gasteiger partial charge in [0.2, 0.25) is 0 Å². The molecule has 0 saturated heterocycles. The quantitative estimate of drug-likeness (QED) is 0.703. The molecule has 1 amide bonds. The van der Waals surface area contributed by atoms with E-state index < -0.39 is 0 Å². The highest BCUT2D eigenvalue weighted by atomic mass is 32.1. The summed E-state index contributed by atoms with van der Waals surface area (Å²) in [5.41, 5.74) is 2.74. The zero-order valence-electron chi connectivity index (χ0n) is 12.4. The maximum absolute atomic E-state index is 12.7. The van der Waals surface area contributed by atoms with Crippen LogP contribution in [0.15, 0.2) is 42.5 Å². The molecular formula is C18H15NO2S. The van der Waals surface area contributed by atoms with Gasteiger partial charge < -0.3 is 9.64 Å². The lowest BCUT2D eigenvalue weighted by molar-refractivity contribution is 0.0996. The van der Waals surface area contributed by atoms with Gasteiger partial charge in [-0.1, -0.05) is 6.07 Å². The van der Waals surface area contributed by atoms with Crippen molar-refractivity contribution in [2.45, 2.75) is 13.5 Å². The van der Waals surface area contributed by atoms with Gasteiger partial charge in [-0.2, -0.15) is 0 Å². The smallest absolute Gasteiger partial charge is 0.259 e. The third kappa shape index (κ3) is 1.99. The average Bonchev–Trinajstić information content (AvgIpc) is 3.05. The van der Waals surface area contributed by atoms with E-state index in [4.69, 9.17) is 4.74 Å². The normalized spacial score (nSPS) is 13.7. The van der Waals surface area contributed by atoms with Crippen LogP contribution in [-0.2, 0) is 6.54 Å². The lowest BCUT2D eigenvalue weighted by Gasteiger charge is -2.15. The number of carbonyl (C=O) groups excluding carboxylic acids is 1. The maximum Gasteiger partial charge on any atom is 0.259 e. The first kappa shape index (κ1) is 13.3. The number of fused-ring (bicyclic) bond motifs is 2. The molecule has 3 aromatic rings. The second-order valence-corrected chi connectivity index (χ2v) is 6.78. The predicted octanol–water partition coefficient (Wildman–Crippen LogP) is 4.38. The summed E-state index contributed by atoms with van der Waals surface area (Å²) >= 11 is 1.78. The molecule has 1 aromatic heterocycles. The lowest BCUT2D eigenvalue weighted by Crippen LogP contribution is -2.22. The van der Waals surface area contributed by atoms with E-state index in [1.54, 1.807) is 18.4 Å². The van der Waals surface area contributed by atoms with Crippen LogP contribution in [0.5, 0.6) is 5.75 Å². The van der Waals surface area contributed by atoms with Crippen molar-refractivity contribution in [3.63, 3.8) is 0 Å². The minimum Gasteiger partial charge on any atom is -0.497 e. The third-order valence-corrected chi connectivity index (χ3v) is 5.09. The van der Waals surface area contributed by atoms with Crippen molar-refractivity contribution in [1.29, 1.82) is 0 Å². The first-order valence-corrected chi connectivity index (χ1v) is 7.96. The number of rotatable bonds is 2. The number of hydrogen-bond acceptors (Lipinski definition) is 3. The SMILES string of the molecule is COc1ccc2c(c1)C(=O)N(c1ccc3sc(C)cc3c1)C2. The van der Waals surface area contributed by atoms with Crippen molar-refractivity contribution in [3.05, 3.63) is 58.5 Å². The number of ether oxygens (including phenoxy) is 1. The van der Waals surface area contributed by atoms with Crippen molar-refractivity contribution < 1.29 is 9.53 Å². The molecule has 0 aliphatic carbocycles. The Labute approximate surface area is 132 Å². The Balaban J connectivity index is 1.75. The zero-order chi connectivity index (χ0) is 15.3. The van der Waals surface area contributed by atoms with Gasteiger partial charge in [-0.05, 0) is 54.3 Å². The molecule has 0 N–H and O–H groups in total. The van der Waals surface area contributed by atoms with Crippen molar-refractivity contribution in [3.8, 4) is 5.75 Å². The van der Waals surface area contributed by atoms with Crippen molar-refractivity contribution in [2.75, 3.05) is 12.0 Å². The van der Waals surface area contributed by atoms with Gasteiger partial charge in [0.1, 0.15) is 5.75 Å². The number of benzene rings is 2. The van der Waals surface area contributed by atoms with E-state index in [-0.39, 0.29) is 5.91 Å². The first-order valence-electron chi connectivity index (χ1n) is 7.15. The molecule has 0 radical (unpaired) electrons. The maximum atomic E-state index is 12.7. The van der Waals surface area contributed by atoms with Crippen LogP contribution in [-0.4, -0.2) is 13.0 Å². The van der Waals surface area contributed by atoms with E-state index in [0.29, 0.717) is 6.54 Å². The van der Waals surface area contributed by atoms with Crippen LogP contribution < -0.4 is 9.64 Å². The molecule has 0 saturated carbocycles. The fraction of sp³-hybridized carbons (Fsp3) is 0.167. The number of hydrogen-bond donors (Lipinski definition) is 0. The Morgan fingerprint density at radius 2 is 2.00 bits per heavy atom. The molecule has 1 aliphatic rings. The van der Waals surface area contributed by atoms with Crippen LogP contribution in [0, 0.1) is 6.92 Å². The minimum absolute atomic E-state index is 0.0419. The second-order valence-electron chi connectivity index (χ2n) is 5.49. The second kappa shape index (κ2) is 4.85. The van der Waals surface area contributed by atoms with Gasteiger partial charge >= 0.3 is 0 Å². The Kier molecular flexibility index (Phi) is 2.94. The zero-order valence-corrected chi connectivity index (χ0v) is 13.2. The Morgan fingerprint density at radius 3 is 2.82 bits per heavy atom. The summed E-state index contributed by atoms with van der Waals surface area (Å²) in [4.78, 5) is 15.8. The summed E-state index contributed by atoms with van der Waals surface area (Å²) in [5, 5.41) is 1.20. The molecule has 1 aliphatic heterocycles. The molecule has 110 valence electrons. The summed E-state index contributed by atoms with van der Waals surface area (Å²) in [6, 6.07) is 14.1. The summed E-state index contributed by atoms with van der Waals surface area (Å²) in [5.74, 6) is 0.762. The summed E-state index contributed by atoms with van der Waals surface area (Å²) in [6.45, 7) is 2.72. The van der Waals surface area contributed by atoms with Gasteiger partial charge in [-0.3, -0.25) is 4.79 Å². The van der Waals surface area contributed by atoms with Crippen LogP contribution in [0.1, 0.15) is 20.8 Å². The number of aryl methyl sites for hydroxylation is 1. The topological polar surface area (TPSA) is 29.5 Å². The minimum atomic E-state index is 0.0419. The predicted molar refractivity (Wildman–Crippen MR) is 90.1 cm³/mol. The van der Waals surface area contributed by atoms with Gasteiger partial charge in [0.25, 0.3) is 5.91 Å². The Bertz CT molecular complexity index is 897. The largest absolute Gasteiger partial charge is 0.497 e. The molecular weight excluding hydrogens is 294 g/mol. The van der Waals surface area contributed by atoms with Crippen molar-refractivity contribution >= 4 is 33.0 Å². The molecule has 0 unspecified atom stereocenters. The number of carbonyl (C=O) groups is 1. The van der Waals surface area contributed by atoms with Crippen LogP contribution in [0.2, 0.25) is 0 Å². The highest BCUT2D eigenvalue weighted by Crippen LogP contribution is 2.34. The van der Waals surface area contributed by atoms with E-state index in [1.807, 2.05) is 29.2 Å². The summed E-state index contributed by atoms with van der Waals surface area (Å²) in [6.07, 6.45) is 0.